The van der Waals surface area contributed by atoms with Crippen LogP contribution in [0.15, 0.2) is 18.2 Å². The van der Waals surface area contributed by atoms with Gasteiger partial charge in [0.05, 0.1) is 19.9 Å². The Morgan fingerprint density at radius 3 is 2.52 bits per heavy atom. The zero-order valence-electron chi connectivity index (χ0n) is 13.2. The minimum atomic E-state index is 0.574. The first-order chi connectivity index (χ1) is 10.3. The average molecular weight is 289 g/mol. The third-order valence-electron chi connectivity index (χ3n) is 5.31. The molecule has 1 N–H and O–H groups in total. The maximum atomic E-state index is 5.47. The second-order valence-electron chi connectivity index (χ2n) is 6.53. The molecule has 0 saturated heterocycles. The Morgan fingerprint density at radius 1 is 0.952 bits per heavy atom. The summed E-state index contributed by atoms with van der Waals surface area (Å²) in [5.74, 6) is 3.71. The summed E-state index contributed by atoms with van der Waals surface area (Å²) in [6, 6.07) is 6.55. The molecule has 1 aromatic rings. The summed E-state index contributed by atoms with van der Waals surface area (Å²) in [6.07, 6.45) is 9.73. The van der Waals surface area contributed by atoms with Gasteiger partial charge in [0.1, 0.15) is 11.5 Å². The molecule has 2 saturated carbocycles. The predicted molar refractivity (Wildman–Crippen MR) is 86.3 cm³/mol. The summed E-state index contributed by atoms with van der Waals surface area (Å²) < 4.78 is 10.8. The van der Waals surface area contributed by atoms with Crippen LogP contribution in [0.5, 0.6) is 11.5 Å². The Morgan fingerprint density at radius 2 is 1.76 bits per heavy atom. The van der Waals surface area contributed by atoms with E-state index in [1.165, 1.54) is 44.9 Å². The van der Waals surface area contributed by atoms with Crippen molar-refractivity contribution in [2.45, 2.75) is 51.0 Å². The number of ether oxygens (including phenoxy) is 2. The molecule has 2 fully saturated rings. The zero-order chi connectivity index (χ0) is 14.7. The summed E-state index contributed by atoms with van der Waals surface area (Å²) in [4.78, 5) is 0. The molecule has 116 valence electrons. The first-order valence-corrected chi connectivity index (χ1v) is 8.28. The van der Waals surface area contributed by atoms with Crippen LogP contribution in [0.2, 0.25) is 0 Å². The predicted octanol–water partition coefficient (Wildman–Crippen LogP) is 4.47. The Kier molecular flexibility index (Phi) is 4.57. The molecule has 3 atom stereocenters. The second-order valence-corrected chi connectivity index (χ2v) is 6.53. The van der Waals surface area contributed by atoms with Gasteiger partial charge in [-0.1, -0.05) is 25.7 Å². The van der Waals surface area contributed by atoms with E-state index in [0.717, 1.165) is 29.0 Å². The van der Waals surface area contributed by atoms with Crippen LogP contribution in [-0.2, 0) is 0 Å². The van der Waals surface area contributed by atoms with Gasteiger partial charge in [0.2, 0.25) is 0 Å². The van der Waals surface area contributed by atoms with Gasteiger partial charge in [0.15, 0.2) is 0 Å². The molecule has 0 heterocycles. The SMILES string of the molecule is COc1ccc(OC)c(NC2CCC3CCCCC3C2)c1. The smallest absolute Gasteiger partial charge is 0.142 e. The highest BCUT2D eigenvalue weighted by Gasteiger charge is 2.32. The Bertz CT molecular complexity index is 474. The summed E-state index contributed by atoms with van der Waals surface area (Å²) in [5, 5.41) is 3.70. The van der Waals surface area contributed by atoms with Crippen molar-refractivity contribution in [1.82, 2.24) is 0 Å². The number of fused-ring (bicyclic) bond motifs is 1. The molecule has 1 aromatic carbocycles. The summed E-state index contributed by atoms with van der Waals surface area (Å²) in [5.41, 5.74) is 1.07. The molecule has 0 aromatic heterocycles. The van der Waals surface area contributed by atoms with E-state index in [1.54, 1.807) is 14.2 Å². The molecular formula is C18H27NO2. The van der Waals surface area contributed by atoms with E-state index < -0.39 is 0 Å². The van der Waals surface area contributed by atoms with Crippen LogP contribution in [0.4, 0.5) is 5.69 Å². The number of nitrogens with one attached hydrogen (secondary N) is 1. The molecule has 2 aliphatic carbocycles. The van der Waals surface area contributed by atoms with Crippen molar-refractivity contribution in [3.8, 4) is 11.5 Å². The van der Waals surface area contributed by atoms with Crippen molar-refractivity contribution >= 4 is 5.69 Å². The molecule has 0 spiro atoms. The normalized spacial score (nSPS) is 28.6. The average Bonchev–Trinajstić information content (AvgIpc) is 2.54. The first-order valence-electron chi connectivity index (χ1n) is 8.28. The van der Waals surface area contributed by atoms with Crippen LogP contribution >= 0.6 is 0 Å². The van der Waals surface area contributed by atoms with E-state index in [9.17, 15) is 0 Å². The standard InChI is InChI=1S/C18H27NO2/c1-20-16-9-10-18(21-2)17(12-16)19-15-8-7-13-5-3-4-6-14(13)11-15/h9-10,12-15,19H,3-8,11H2,1-2H3. The molecule has 0 aliphatic heterocycles. The maximum absolute atomic E-state index is 5.47. The van der Waals surface area contributed by atoms with Crippen molar-refractivity contribution < 1.29 is 9.47 Å². The second kappa shape index (κ2) is 6.59. The number of benzene rings is 1. The van der Waals surface area contributed by atoms with Crippen LogP contribution in [0.3, 0.4) is 0 Å². The van der Waals surface area contributed by atoms with Gasteiger partial charge in [-0.05, 0) is 43.2 Å². The van der Waals surface area contributed by atoms with Crippen LogP contribution in [-0.4, -0.2) is 20.3 Å². The van der Waals surface area contributed by atoms with Crippen LogP contribution in [0.25, 0.3) is 0 Å². The lowest BCUT2D eigenvalue weighted by molar-refractivity contribution is 0.162. The van der Waals surface area contributed by atoms with E-state index in [-0.39, 0.29) is 0 Å². The molecule has 3 heteroatoms. The van der Waals surface area contributed by atoms with Gasteiger partial charge in [0.25, 0.3) is 0 Å². The fourth-order valence-corrected chi connectivity index (χ4v) is 4.15. The number of methoxy groups -OCH3 is 2. The van der Waals surface area contributed by atoms with Gasteiger partial charge in [-0.2, -0.15) is 0 Å². The highest BCUT2D eigenvalue weighted by molar-refractivity contribution is 5.60. The minimum absolute atomic E-state index is 0.574. The van der Waals surface area contributed by atoms with E-state index in [1.807, 2.05) is 18.2 Å². The topological polar surface area (TPSA) is 30.5 Å². The summed E-state index contributed by atoms with van der Waals surface area (Å²) in [6.45, 7) is 0. The van der Waals surface area contributed by atoms with E-state index in [0.29, 0.717) is 6.04 Å². The lowest BCUT2D eigenvalue weighted by Gasteiger charge is -2.40. The van der Waals surface area contributed by atoms with Crippen LogP contribution < -0.4 is 14.8 Å². The summed E-state index contributed by atoms with van der Waals surface area (Å²) >= 11 is 0. The van der Waals surface area contributed by atoms with Crippen molar-refractivity contribution in [2.75, 3.05) is 19.5 Å². The maximum Gasteiger partial charge on any atom is 0.142 e. The number of hydrogen-bond donors (Lipinski definition) is 1. The summed E-state index contributed by atoms with van der Waals surface area (Å²) in [7, 11) is 3.43. The zero-order valence-corrected chi connectivity index (χ0v) is 13.2. The van der Waals surface area contributed by atoms with Gasteiger partial charge in [0, 0.05) is 12.1 Å². The Labute approximate surface area is 128 Å². The lowest BCUT2D eigenvalue weighted by Crippen LogP contribution is -2.34. The van der Waals surface area contributed by atoms with Crippen molar-refractivity contribution in [3.63, 3.8) is 0 Å². The molecule has 0 amide bonds. The molecular weight excluding hydrogens is 262 g/mol. The molecule has 2 aliphatic rings. The van der Waals surface area contributed by atoms with E-state index >= 15 is 0 Å². The fraction of sp³-hybridized carbons (Fsp3) is 0.667. The number of rotatable bonds is 4. The van der Waals surface area contributed by atoms with Gasteiger partial charge < -0.3 is 14.8 Å². The first kappa shape index (κ1) is 14.6. The van der Waals surface area contributed by atoms with Crippen molar-refractivity contribution in [2.24, 2.45) is 11.8 Å². The molecule has 3 nitrogen and oxygen atoms in total. The lowest BCUT2D eigenvalue weighted by atomic mass is 9.69. The van der Waals surface area contributed by atoms with Crippen molar-refractivity contribution in [3.05, 3.63) is 18.2 Å². The number of anilines is 1. The third-order valence-corrected chi connectivity index (χ3v) is 5.31. The van der Waals surface area contributed by atoms with E-state index in [4.69, 9.17) is 9.47 Å². The molecule has 0 bridgehead atoms. The van der Waals surface area contributed by atoms with Gasteiger partial charge >= 0.3 is 0 Å². The highest BCUT2D eigenvalue weighted by atomic mass is 16.5. The van der Waals surface area contributed by atoms with Gasteiger partial charge in [-0.3, -0.25) is 0 Å². The molecule has 0 radical (unpaired) electrons. The number of hydrogen-bond acceptors (Lipinski definition) is 3. The van der Waals surface area contributed by atoms with Gasteiger partial charge in [-0.15, -0.1) is 0 Å². The minimum Gasteiger partial charge on any atom is -0.497 e. The van der Waals surface area contributed by atoms with E-state index in [2.05, 4.69) is 5.32 Å². The van der Waals surface area contributed by atoms with Gasteiger partial charge in [-0.25, -0.2) is 0 Å². The van der Waals surface area contributed by atoms with Crippen LogP contribution in [0.1, 0.15) is 44.9 Å². The van der Waals surface area contributed by atoms with Crippen LogP contribution in [0, 0.1) is 11.8 Å². The third kappa shape index (κ3) is 3.28. The molecule has 3 unspecified atom stereocenters. The Balaban J connectivity index is 1.68. The largest absolute Gasteiger partial charge is 0.497 e. The highest BCUT2D eigenvalue weighted by Crippen LogP contribution is 2.42. The monoisotopic (exact) mass is 289 g/mol. The Hall–Kier alpha value is -1.38. The van der Waals surface area contributed by atoms with Crippen molar-refractivity contribution in [1.29, 1.82) is 0 Å². The quantitative estimate of drug-likeness (QED) is 0.886. The molecule has 3 rings (SSSR count). The molecule has 21 heavy (non-hydrogen) atoms. The fourth-order valence-electron chi connectivity index (χ4n) is 4.15.